The van der Waals surface area contributed by atoms with Crippen LogP contribution >= 0.6 is 27.3 Å². The highest BCUT2D eigenvalue weighted by Crippen LogP contribution is 2.25. The maximum atomic E-state index is 5.83. The Morgan fingerprint density at radius 1 is 1.38 bits per heavy atom. The number of thiophene rings is 1. The number of hydrogen-bond donors (Lipinski definition) is 2. The molecule has 2 rings (SSSR count). The van der Waals surface area contributed by atoms with E-state index < -0.39 is 0 Å². The molecule has 3 N–H and O–H groups in total. The molecule has 0 unspecified atom stereocenters. The molecule has 0 amide bonds. The number of benzene rings is 1. The topological polar surface area (TPSA) is 38.0 Å². The Kier molecular flexibility index (Phi) is 3.51. The van der Waals surface area contributed by atoms with E-state index in [0.29, 0.717) is 0 Å². The predicted molar refractivity (Wildman–Crippen MR) is 74.9 cm³/mol. The van der Waals surface area contributed by atoms with Crippen LogP contribution in [0, 0.1) is 6.92 Å². The summed E-state index contributed by atoms with van der Waals surface area (Å²) in [5.74, 6) is 0. The van der Waals surface area contributed by atoms with Gasteiger partial charge < -0.3 is 11.1 Å². The zero-order valence-electron chi connectivity index (χ0n) is 8.96. The molecule has 0 fully saturated rings. The van der Waals surface area contributed by atoms with Crippen molar-refractivity contribution in [1.29, 1.82) is 0 Å². The maximum absolute atomic E-state index is 5.83. The third-order valence-corrected chi connectivity index (χ3v) is 3.94. The minimum absolute atomic E-state index is 0.769. The van der Waals surface area contributed by atoms with Crippen molar-refractivity contribution in [2.24, 2.45) is 0 Å². The van der Waals surface area contributed by atoms with Crippen LogP contribution in [0.5, 0.6) is 0 Å². The molecule has 0 radical (unpaired) electrons. The Morgan fingerprint density at radius 3 is 2.81 bits per heavy atom. The van der Waals surface area contributed by atoms with E-state index in [4.69, 9.17) is 5.73 Å². The first-order chi connectivity index (χ1) is 7.66. The van der Waals surface area contributed by atoms with E-state index in [1.165, 1.54) is 10.4 Å². The van der Waals surface area contributed by atoms with E-state index >= 15 is 0 Å². The second-order valence-corrected chi connectivity index (χ2v) is 5.49. The highest BCUT2D eigenvalue weighted by Gasteiger charge is 2.02. The molecule has 0 saturated heterocycles. The molecule has 0 aliphatic carbocycles. The van der Waals surface area contributed by atoms with Gasteiger partial charge in [0.25, 0.3) is 0 Å². The number of nitrogen functional groups attached to an aromatic ring is 1. The first-order valence-electron chi connectivity index (χ1n) is 4.98. The summed E-state index contributed by atoms with van der Waals surface area (Å²) in [6.07, 6.45) is 0. The lowest BCUT2D eigenvalue weighted by Crippen LogP contribution is -2.00. The molecule has 0 bridgehead atoms. The standard InChI is InChI=1S/C12H13BrN2S/c1-8-2-3-11(9(13)6-8)15-7-12-10(14)4-5-16-12/h2-6,15H,7,14H2,1H3. The summed E-state index contributed by atoms with van der Waals surface area (Å²) >= 11 is 5.21. The summed E-state index contributed by atoms with van der Waals surface area (Å²) in [7, 11) is 0. The zero-order valence-corrected chi connectivity index (χ0v) is 11.4. The van der Waals surface area contributed by atoms with Gasteiger partial charge in [0, 0.05) is 20.7 Å². The predicted octanol–water partition coefficient (Wildman–Crippen LogP) is 4.01. The Labute approximate surface area is 108 Å². The summed E-state index contributed by atoms with van der Waals surface area (Å²) < 4.78 is 1.09. The minimum atomic E-state index is 0.769. The van der Waals surface area contributed by atoms with Crippen molar-refractivity contribution in [3.63, 3.8) is 0 Å². The van der Waals surface area contributed by atoms with E-state index in [9.17, 15) is 0 Å². The van der Waals surface area contributed by atoms with Gasteiger partial charge in [-0.3, -0.25) is 0 Å². The molecular formula is C12H13BrN2S. The molecule has 16 heavy (non-hydrogen) atoms. The lowest BCUT2D eigenvalue weighted by Gasteiger charge is -2.08. The molecule has 0 spiro atoms. The SMILES string of the molecule is Cc1ccc(NCc2sccc2N)c(Br)c1. The van der Waals surface area contributed by atoms with Gasteiger partial charge in [0.15, 0.2) is 0 Å². The fourth-order valence-electron chi connectivity index (χ4n) is 1.43. The molecule has 4 heteroatoms. The molecule has 2 aromatic rings. The van der Waals surface area contributed by atoms with Gasteiger partial charge in [-0.25, -0.2) is 0 Å². The summed E-state index contributed by atoms with van der Waals surface area (Å²) in [5, 5.41) is 5.38. The number of nitrogens with two attached hydrogens (primary N) is 1. The quantitative estimate of drug-likeness (QED) is 0.898. The van der Waals surface area contributed by atoms with Gasteiger partial charge in [-0.15, -0.1) is 11.3 Å². The first kappa shape index (κ1) is 11.5. The van der Waals surface area contributed by atoms with Crippen LogP contribution in [0.25, 0.3) is 0 Å². The van der Waals surface area contributed by atoms with Gasteiger partial charge in [0.2, 0.25) is 0 Å². The van der Waals surface area contributed by atoms with Crippen molar-refractivity contribution in [3.05, 3.63) is 44.6 Å². The van der Waals surface area contributed by atoms with E-state index in [2.05, 4.69) is 46.4 Å². The molecule has 0 saturated carbocycles. The number of rotatable bonds is 3. The summed E-state index contributed by atoms with van der Waals surface area (Å²) in [4.78, 5) is 1.17. The fraction of sp³-hybridized carbons (Fsp3) is 0.167. The van der Waals surface area contributed by atoms with E-state index in [-0.39, 0.29) is 0 Å². The van der Waals surface area contributed by atoms with Crippen LogP contribution in [0.3, 0.4) is 0 Å². The Balaban J connectivity index is 2.08. The normalized spacial score (nSPS) is 10.4. The van der Waals surface area contributed by atoms with E-state index in [1.54, 1.807) is 11.3 Å². The summed E-state index contributed by atoms with van der Waals surface area (Å²) in [6, 6.07) is 8.19. The fourth-order valence-corrected chi connectivity index (χ4v) is 2.81. The van der Waals surface area contributed by atoms with Crippen molar-refractivity contribution < 1.29 is 0 Å². The van der Waals surface area contributed by atoms with Gasteiger partial charge >= 0.3 is 0 Å². The highest BCUT2D eigenvalue weighted by atomic mass is 79.9. The summed E-state index contributed by atoms with van der Waals surface area (Å²) in [5.41, 5.74) is 9.03. The molecule has 1 heterocycles. The molecular weight excluding hydrogens is 284 g/mol. The van der Waals surface area contributed by atoms with Gasteiger partial charge in [-0.2, -0.15) is 0 Å². The molecule has 1 aromatic heterocycles. The molecule has 0 aliphatic rings. The molecule has 1 aromatic carbocycles. The Bertz CT molecular complexity index is 494. The monoisotopic (exact) mass is 296 g/mol. The van der Waals surface area contributed by atoms with Gasteiger partial charge in [0.1, 0.15) is 0 Å². The number of hydrogen-bond acceptors (Lipinski definition) is 3. The van der Waals surface area contributed by atoms with Crippen LogP contribution in [-0.4, -0.2) is 0 Å². The van der Waals surface area contributed by atoms with Crippen molar-refractivity contribution in [2.45, 2.75) is 13.5 Å². The number of halogens is 1. The second kappa shape index (κ2) is 4.89. The third-order valence-electron chi connectivity index (χ3n) is 2.34. The van der Waals surface area contributed by atoms with Crippen molar-refractivity contribution in [2.75, 3.05) is 11.1 Å². The van der Waals surface area contributed by atoms with Crippen LogP contribution in [0.15, 0.2) is 34.1 Å². The second-order valence-electron chi connectivity index (χ2n) is 3.64. The highest BCUT2D eigenvalue weighted by molar-refractivity contribution is 9.10. The maximum Gasteiger partial charge on any atom is 0.0515 e. The summed E-state index contributed by atoms with van der Waals surface area (Å²) in [6.45, 7) is 2.84. The number of nitrogens with one attached hydrogen (secondary N) is 1. The van der Waals surface area contributed by atoms with Crippen LogP contribution in [-0.2, 0) is 6.54 Å². The van der Waals surface area contributed by atoms with Crippen molar-refractivity contribution in [1.82, 2.24) is 0 Å². The average Bonchev–Trinajstić information content (AvgIpc) is 2.63. The smallest absolute Gasteiger partial charge is 0.0515 e. The Hall–Kier alpha value is -1.00. The average molecular weight is 297 g/mol. The lowest BCUT2D eigenvalue weighted by molar-refractivity contribution is 1.19. The third kappa shape index (κ3) is 2.57. The van der Waals surface area contributed by atoms with Crippen LogP contribution < -0.4 is 11.1 Å². The molecule has 0 atom stereocenters. The minimum Gasteiger partial charge on any atom is -0.398 e. The molecule has 84 valence electrons. The van der Waals surface area contributed by atoms with Crippen molar-refractivity contribution in [3.8, 4) is 0 Å². The number of aryl methyl sites for hydroxylation is 1. The van der Waals surface area contributed by atoms with Crippen LogP contribution in [0.1, 0.15) is 10.4 Å². The van der Waals surface area contributed by atoms with Gasteiger partial charge in [-0.05, 0) is 52.0 Å². The van der Waals surface area contributed by atoms with E-state index in [1.807, 2.05) is 11.4 Å². The van der Waals surface area contributed by atoms with E-state index in [0.717, 1.165) is 22.4 Å². The Morgan fingerprint density at radius 2 is 2.19 bits per heavy atom. The van der Waals surface area contributed by atoms with Gasteiger partial charge in [0.05, 0.1) is 6.54 Å². The lowest BCUT2D eigenvalue weighted by atomic mass is 10.2. The largest absolute Gasteiger partial charge is 0.398 e. The number of anilines is 2. The van der Waals surface area contributed by atoms with Crippen LogP contribution in [0.4, 0.5) is 11.4 Å². The van der Waals surface area contributed by atoms with Crippen LogP contribution in [0.2, 0.25) is 0 Å². The van der Waals surface area contributed by atoms with Gasteiger partial charge in [-0.1, -0.05) is 6.07 Å². The zero-order chi connectivity index (χ0) is 11.5. The molecule has 0 aliphatic heterocycles. The first-order valence-corrected chi connectivity index (χ1v) is 6.66. The molecule has 2 nitrogen and oxygen atoms in total. The van der Waals surface area contributed by atoms with Crippen molar-refractivity contribution >= 4 is 38.6 Å².